The quantitative estimate of drug-likeness (QED) is 0.504. The Kier molecular flexibility index (Phi) is 4.76. The van der Waals surface area contributed by atoms with E-state index in [0.717, 1.165) is 0 Å². The number of halogens is 1. The number of ether oxygens (including phenoxy) is 1. The van der Waals surface area contributed by atoms with Gasteiger partial charge in [-0.2, -0.15) is 8.42 Å². The van der Waals surface area contributed by atoms with Gasteiger partial charge in [-0.05, 0) is 24.1 Å². The summed E-state index contributed by atoms with van der Waals surface area (Å²) in [7, 11) is 0.465. The zero-order chi connectivity index (χ0) is 18.3. The molecule has 1 unspecified atom stereocenters. The first-order chi connectivity index (χ1) is 10.9. The molecule has 24 heavy (non-hydrogen) atoms. The number of carbonyl (C=O) groups excluding carboxylic acids is 1. The molecule has 2 rings (SSSR count). The van der Waals surface area contributed by atoms with E-state index >= 15 is 0 Å². The Hall–Kier alpha value is -1.54. The van der Waals surface area contributed by atoms with Crippen molar-refractivity contribution in [1.29, 1.82) is 0 Å². The van der Waals surface area contributed by atoms with Gasteiger partial charge in [0.25, 0.3) is 10.1 Å². The standard InChI is InChI=1S/C13H17B3ClNO5S/c1-2-12(14,15)24(20,21)23-9-10(19)13(16,22-11(9)18)7-3-5-8(17)6-4-7/h3-6H,2,14-16,18H2,1H3. The summed E-state index contributed by atoms with van der Waals surface area (Å²) >= 11 is 5.85. The lowest BCUT2D eigenvalue weighted by atomic mass is 9.68. The van der Waals surface area contributed by atoms with Gasteiger partial charge in [0.1, 0.15) is 15.7 Å². The van der Waals surface area contributed by atoms with Crippen molar-refractivity contribution in [2.45, 2.75) is 23.4 Å². The molecule has 1 aromatic rings. The van der Waals surface area contributed by atoms with E-state index in [1.54, 1.807) is 31.2 Å². The van der Waals surface area contributed by atoms with Crippen LogP contribution in [0.25, 0.3) is 0 Å². The first-order valence-electron chi connectivity index (χ1n) is 7.38. The minimum absolute atomic E-state index is 0.312. The molecule has 0 radical (unpaired) electrons. The first kappa shape index (κ1) is 18.8. The van der Waals surface area contributed by atoms with E-state index in [-0.39, 0.29) is 5.88 Å². The largest absolute Gasteiger partial charge is 0.467 e. The summed E-state index contributed by atoms with van der Waals surface area (Å²) in [5.41, 5.74) is 4.75. The first-order valence-corrected chi connectivity index (χ1v) is 9.17. The van der Waals surface area contributed by atoms with Crippen LogP contribution in [0.15, 0.2) is 35.9 Å². The minimum atomic E-state index is -4.06. The van der Waals surface area contributed by atoms with Crippen LogP contribution in [0.3, 0.4) is 0 Å². The molecule has 1 atom stereocenters. The highest BCUT2D eigenvalue weighted by atomic mass is 35.5. The Bertz CT molecular complexity index is 809. The number of hydrogen-bond donors (Lipinski definition) is 1. The molecule has 0 amide bonds. The Morgan fingerprint density at radius 2 is 1.88 bits per heavy atom. The molecular formula is C13H17B3ClNO5S. The molecule has 0 aliphatic carbocycles. The highest BCUT2D eigenvalue weighted by molar-refractivity contribution is 7.91. The summed E-state index contributed by atoms with van der Waals surface area (Å²) in [5.74, 6) is -1.50. The third-order valence-corrected chi connectivity index (χ3v) is 6.57. The molecule has 0 saturated heterocycles. The predicted octanol–water partition coefficient (Wildman–Crippen LogP) is -1.47. The summed E-state index contributed by atoms with van der Waals surface area (Å²) in [5, 5.41) is 0.498. The second-order valence-electron chi connectivity index (χ2n) is 6.32. The Labute approximate surface area is 149 Å². The van der Waals surface area contributed by atoms with Crippen LogP contribution in [0.5, 0.6) is 0 Å². The average molecular weight is 367 g/mol. The fourth-order valence-corrected chi connectivity index (χ4v) is 3.16. The van der Waals surface area contributed by atoms with E-state index in [9.17, 15) is 13.2 Å². The maximum atomic E-state index is 12.7. The van der Waals surface area contributed by atoms with E-state index in [0.29, 0.717) is 17.0 Å². The lowest BCUT2D eigenvalue weighted by Gasteiger charge is -2.24. The molecular weight excluding hydrogens is 350 g/mol. The maximum absolute atomic E-state index is 12.7. The molecule has 1 heterocycles. The van der Waals surface area contributed by atoms with Crippen molar-refractivity contribution in [2.24, 2.45) is 5.73 Å². The van der Waals surface area contributed by atoms with Gasteiger partial charge in [-0.1, -0.05) is 30.7 Å². The van der Waals surface area contributed by atoms with Crippen molar-refractivity contribution in [1.82, 2.24) is 0 Å². The molecule has 11 heteroatoms. The monoisotopic (exact) mass is 367 g/mol. The number of nitrogens with two attached hydrogens (primary N) is 1. The summed E-state index contributed by atoms with van der Waals surface area (Å²) in [6, 6.07) is 6.43. The van der Waals surface area contributed by atoms with Gasteiger partial charge in [-0.25, -0.2) is 0 Å². The number of hydrogen-bond acceptors (Lipinski definition) is 6. The zero-order valence-corrected chi connectivity index (χ0v) is 15.5. The van der Waals surface area contributed by atoms with E-state index in [1.807, 2.05) is 0 Å². The SMILES string of the molecule is BC1(c2ccc(Cl)cc2)OC(N)=C(OS(=O)(=O)C(B)(B)CC)C1=O. The molecule has 1 aliphatic rings. The van der Waals surface area contributed by atoms with Crippen LogP contribution in [0, 0.1) is 0 Å². The number of benzene rings is 1. The third-order valence-electron chi connectivity index (χ3n) is 4.29. The predicted molar refractivity (Wildman–Crippen MR) is 99.1 cm³/mol. The van der Waals surface area contributed by atoms with Crippen LogP contribution < -0.4 is 5.73 Å². The molecule has 0 aromatic heterocycles. The molecule has 0 fully saturated rings. The van der Waals surface area contributed by atoms with Crippen molar-refractivity contribution in [3.63, 3.8) is 0 Å². The van der Waals surface area contributed by atoms with Crippen molar-refractivity contribution in [3.8, 4) is 0 Å². The number of carbonyl (C=O) groups is 1. The van der Waals surface area contributed by atoms with Crippen LogP contribution in [0.2, 0.25) is 5.02 Å². The molecule has 2 N–H and O–H groups in total. The third kappa shape index (κ3) is 3.04. The molecule has 1 aliphatic heterocycles. The lowest BCUT2D eigenvalue weighted by Crippen LogP contribution is -2.42. The van der Waals surface area contributed by atoms with Crippen LogP contribution in [0.4, 0.5) is 0 Å². The Morgan fingerprint density at radius 1 is 1.33 bits per heavy atom. The normalized spacial score (nSPS) is 21.7. The molecule has 1 aromatic carbocycles. The average Bonchev–Trinajstić information content (AvgIpc) is 2.72. The smallest absolute Gasteiger partial charge is 0.300 e. The maximum Gasteiger partial charge on any atom is 0.300 e. The Morgan fingerprint density at radius 3 is 2.38 bits per heavy atom. The molecule has 6 nitrogen and oxygen atoms in total. The highest BCUT2D eigenvalue weighted by Gasteiger charge is 2.50. The van der Waals surface area contributed by atoms with Crippen molar-refractivity contribution in [2.75, 3.05) is 0 Å². The zero-order valence-electron chi connectivity index (χ0n) is 13.9. The van der Waals surface area contributed by atoms with Crippen LogP contribution >= 0.6 is 11.6 Å². The van der Waals surface area contributed by atoms with E-state index in [4.69, 9.17) is 26.3 Å². The second-order valence-corrected chi connectivity index (χ2v) is 8.93. The second kappa shape index (κ2) is 6.08. The fraction of sp³-hybridized carbons (Fsp3) is 0.308. The van der Waals surface area contributed by atoms with Gasteiger partial charge in [-0.15, -0.1) is 0 Å². The summed E-state index contributed by atoms with van der Waals surface area (Å²) in [6.45, 7) is 1.71. The van der Waals surface area contributed by atoms with Gasteiger partial charge >= 0.3 is 0 Å². The van der Waals surface area contributed by atoms with Crippen LogP contribution in [-0.2, 0) is 29.3 Å². The number of ketones is 1. The summed E-state index contributed by atoms with van der Waals surface area (Å²) in [6.07, 6.45) is 0.312. The molecule has 126 valence electrons. The molecule has 0 saturated carbocycles. The van der Waals surface area contributed by atoms with Crippen LogP contribution in [0.1, 0.15) is 18.9 Å². The molecule has 0 bridgehead atoms. The topological polar surface area (TPSA) is 95.7 Å². The van der Waals surface area contributed by atoms with Crippen molar-refractivity contribution in [3.05, 3.63) is 46.5 Å². The fourth-order valence-electron chi connectivity index (χ4n) is 2.08. The van der Waals surface area contributed by atoms with Gasteiger partial charge in [-0.3, -0.25) is 4.79 Å². The highest BCUT2D eigenvalue weighted by Crippen LogP contribution is 2.37. The van der Waals surface area contributed by atoms with Gasteiger partial charge in [0.15, 0.2) is 13.3 Å². The van der Waals surface area contributed by atoms with Gasteiger partial charge in [0, 0.05) is 9.57 Å². The van der Waals surface area contributed by atoms with Gasteiger partial charge in [0.05, 0.1) is 0 Å². The van der Waals surface area contributed by atoms with E-state index in [2.05, 4.69) is 0 Å². The summed E-state index contributed by atoms with van der Waals surface area (Å²) < 4.78 is 34.1. The number of rotatable bonds is 5. The minimum Gasteiger partial charge on any atom is -0.467 e. The van der Waals surface area contributed by atoms with Gasteiger partial charge < -0.3 is 14.7 Å². The lowest BCUT2D eigenvalue weighted by molar-refractivity contribution is -0.126. The van der Waals surface area contributed by atoms with E-state index in [1.165, 1.54) is 23.5 Å². The van der Waals surface area contributed by atoms with Crippen LogP contribution in [-0.4, -0.2) is 42.3 Å². The summed E-state index contributed by atoms with van der Waals surface area (Å²) in [4.78, 5) is 12.7. The van der Waals surface area contributed by atoms with Crippen molar-refractivity contribution >= 4 is 51.0 Å². The van der Waals surface area contributed by atoms with Crippen molar-refractivity contribution < 1.29 is 22.1 Å². The van der Waals surface area contributed by atoms with E-state index < -0.39 is 31.7 Å². The number of Topliss-reactive ketones (excluding diaryl/α,β-unsaturated/α-hetero) is 1. The van der Waals surface area contributed by atoms with Gasteiger partial charge in [0.2, 0.25) is 17.4 Å². The Balaban J connectivity index is 2.36. The molecule has 0 spiro atoms.